The molecule has 1 atom stereocenters. The van der Waals surface area contributed by atoms with E-state index in [1.807, 2.05) is 6.92 Å². The molecule has 0 bridgehead atoms. The number of halogens is 1. The fourth-order valence-corrected chi connectivity index (χ4v) is 5.21. The number of ketones is 1. The lowest BCUT2D eigenvalue weighted by Gasteiger charge is -2.23. The topological polar surface area (TPSA) is 106 Å². The molecule has 1 N–H and O–H groups in total. The molecule has 1 aliphatic heterocycles. The van der Waals surface area contributed by atoms with Gasteiger partial charge in [0.25, 0.3) is 5.78 Å². The van der Waals surface area contributed by atoms with Crippen molar-refractivity contribution in [3.8, 4) is 5.75 Å². The van der Waals surface area contributed by atoms with E-state index in [4.69, 9.17) is 9.47 Å². The van der Waals surface area contributed by atoms with Gasteiger partial charge < -0.3 is 14.6 Å². The van der Waals surface area contributed by atoms with Crippen LogP contribution in [0, 0.1) is 19.7 Å². The Morgan fingerprint density at radius 3 is 2.50 bits per heavy atom. The molecule has 1 amide bonds. The Morgan fingerprint density at radius 2 is 1.87 bits per heavy atom. The van der Waals surface area contributed by atoms with Gasteiger partial charge in [0.15, 0.2) is 5.13 Å². The zero-order chi connectivity index (χ0) is 27.6. The smallest absolute Gasteiger partial charge is 0.350 e. The highest BCUT2D eigenvalue weighted by atomic mass is 32.1. The molecule has 1 saturated heterocycles. The number of aryl methyl sites for hydroxylation is 2. The van der Waals surface area contributed by atoms with Crippen LogP contribution in [0.5, 0.6) is 5.75 Å². The number of carbonyl (C=O) groups is 3. The summed E-state index contributed by atoms with van der Waals surface area (Å²) in [6, 6.07) is 9.16. The number of hydrogen-bond acceptors (Lipinski definition) is 8. The number of aliphatic hydroxyl groups is 1. The van der Waals surface area contributed by atoms with Crippen molar-refractivity contribution in [3.05, 3.63) is 81.1 Å². The quantitative estimate of drug-likeness (QED) is 0.133. The van der Waals surface area contributed by atoms with E-state index >= 15 is 0 Å². The minimum absolute atomic E-state index is 0.0780. The fourth-order valence-electron chi connectivity index (χ4n) is 4.20. The number of benzene rings is 2. The second-order valence-corrected chi connectivity index (χ2v) is 9.78. The molecular formula is C28H27FN2O6S. The third-order valence-electron chi connectivity index (χ3n) is 6.20. The second-order valence-electron chi connectivity index (χ2n) is 8.81. The largest absolute Gasteiger partial charge is 0.507 e. The number of hydrogen-bond donors (Lipinski definition) is 1. The molecule has 3 aromatic rings. The van der Waals surface area contributed by atoms with Crippen LogP contribution in [0.25, 0.3) is 5.76 Å². The normalized spacial score (nSPS) is 16.7. The molecule has 0 radical (unpaired) electrons. The molecule has 1 aromatic heterocycles. The molecule has 2 heterocycles. The van der Waals surface area contributed by atoms with E-state index in [0.717, 1.165) is 34.6 Å². The second kappa shape index (κ2) is 11.1. The number of thiazole rings is 1. The number of carbonyl (C=O) groups excluding carboxylic acids is 3. The van der Waals surface area contributed by atoms with Gasteiger partial charge in [-0.05, 0) is 61.7 Å². The maximum Gasteiger partial charge on any atom is 0.350 e. The van der Waals surface area contributed by atoms with Crippen LogP contribution in [-0.4, -0.2) is 41.5 Å². The van der Waals surface area contributed by atoms with Gasteiger partial charge in [-0.1, -0.05) is 36.8 Å². The molecule has 0 unspecified atom stereocenters. The monoisotopic (exact) mass is 538 g/mol. The molecule has 38 heavy (non-hydrogen) atoms. The van der Waals surface area contributed by atoms with E-state index in [9.17, 15) is 23.9 Å². The molecule has 8 nitrogen and oxygen atoms in total. The number of anilines is 1. The number of methoxy groups -OCH3 is 1. The molecule has 0 saturated carbocycles. The highest BCUT2D eigenvalue weighted by Crippen LogP contribution is 2.44. The number of aliphatic hydroxyl groups excluding tert-OH is 1. The zero-order valence-corrected chi connectivity index (χ0v) is 22.2. The van der Waals surface area contributed by atoms with E-state index in [1.54, 1.807) is 25.1 Å². The predicted octanol–water partition coefficient (Wildman–Crippen LogP) is 5.49. The van der Waals surface area contributed by atoms with Crippen LogP contribution >= 0.6 is 11.3 Å². The number of nitrogens with zero attached hydrogens (tertiary/aromatic N) is 2. The van der Waals surface area contributed by atoms with Crippen LogP contribution in [0.3, 0.4) is 0 Å². The molecule has 0 spiro atoms. The van der Waals surface area contributed by atoms with Crippen LogP contribution in [0.1, 0.15) is 57.9 Å². The highest BCUT2D eigenvalue weighted by molar-refractivity contribution is 7.17. The SMILES string of the molecule is CCCCOc1ccc(/C(O)=C2\C(=O)C(=O)N(c3nc(C)c(C(=O)OC)s3)[C@@H]2c2ccc(F)cc2)cc1C. The molecular weight excluding hydrogens is 511 g/mol. The van der Waals surface area contributed by atoms with Gasteiger partial charge in [-0.3, -0.25) is 14.5 Å². The summed E-state index contributed by atoms with van der Waals surface area (Å²) in [4.78, 5) is 44.5. The van der Waals surface area contributed by atoms with E-state index in [0.29, 0.717) is 29.2 Å². The molecule has 2 aromatic carbocycles. The summed E-state index contributed by atoms with van der Waals surface area (Å²) in [5.74, 6) is -2.72. The first-order valence-electron chi connectivity index (χ1n) is 12.0. The number of esters is 1. The number of ether oxygens (including phenoxy) is 2. The Kier molecular flexibility index (Phi) is 7.91. The highest BCUT2D eigenvalue weighted by Gasteiger charge is 2.48. The Morgan fingerprint density at radius 1 is 1.16 bits per heavy atom. The van der Waals surface area contributed by atoms with Crippen LogP contribution in [0.15, 0.2) is 48.0 Å². The van der Waals surface area contributed by atoms with Crippen molar-refractivity contribution >= 4 is 39.9 Å². The van der Waals surface area contributed by atoms with Gasteiger partial charge in [-0.2, -0.15) is 0 Å². The van der Waals surface area contributed by atoms with Crippen molar-refractivity contribution in [2.45, 2.75) is 39.7 Å². The van der Waals surface area contributed by atoms with Crippen molar-refractivity contribution in [1.82, 2.24) is 4.98 Å². The summed E-state index contributed by atoms with van der Waals surface area (Å²) in [5.41, 5.74) is 1.60. The lowest BCUT2D eigenvalue weighted by Crippen LogP contribution is -2.29. The lowest BCUT2D eigenvalue weighted by atomic mass is 9.95. The van der Waals surface area contributed by atoms with Crippen molar-refractivity contribution in [2.24, 2.45) is 0 Å². The van der Waals surface area contributed by atoms with Crippen molar-refractivity contribution in [1.29, 1.82) is 0 Å². The van der Waals surface area contributed by atoms with Gasteiger partial charge in [-0.15, -0.1) is 0 Å². The first kappa shape index (κ1) is 27.0. The number of aromatic nitrogens is 1. The molecule has 1 aliphatic rings. The summed E-state index contributed by atoms with van der Waals surface area (Å²) in [6.45, 7) is 6.02. The molecule has 0 aliphatic carbocycles. The van der Waals surface area contributed by atoms with Crippen LogP contribution < -0.4 is 9.64 Å². The standard InChI is InChI=1S/C28H27FN2O6S/c1-5-6-13-37-20-12-9-18(14-15(20)2)23(32)21-22(17-7-10-19(29)11-8-17)31(26(34)24(21)33)28-30-16(3)25(38-28)27(35)36-4/h7-12,14,22,32H,5-6,13H2,1-4H3/b23-21+/t22-/m1/s1. The van der Waals surface area contributed by atoms with Gasteiger partial charge in [0.2, 0.25) is 0 Å². The number of unbranched alkanes of at least 4 members (excludes halogenated alkanes) is 1. The summed E-state index contributed by atoms with van der Waals surface area (Å²) in [5, 5.41) is 11.4. The van der Waals surface area contributed by atoms with E-state index < -0.39 is 29.5 Å². The Hall–Kier alpha value is -4.05. The number of amides is 1. The summed E-state index contributed by atoms with van der Waals surface area (Å²) < 4.78 is 24.3. The summed E-state index contributed by atoms with van der Waals surface area (Å²) >= 11 is 0.893. The first-order chi connectivity index (χ1) is 18.2. The summed E-state index contributed by atoms with van der Waals surface area (Å²) in [6.07, 6.45) is 1.89. The third kappa shape index (κ3) is 5.04. The molecule has 4 rings (SSSR count). The van der Waals surface area contributed by atoms with E-state index in [2.05, 4.69) is 11.9 Å². The lowest BCUT2D eigenvalue weighted by molar-refractivity contribution is -0.132. The van der Waals surface area contributed by atoms with Crippen LogP contribution in [-0.2, 0) is 14.3 Å². The average molecular weight is 539 g/mol. The maximum absolute atomic E-state index is 13.8. The van der Waals surface area contributed by atoms with E-state index in [-0.39, 0.29) is 21.3 Å². The Balaban J connectivity index is 1.84. The van der Waals surface area contributed by atoms with Crippen LogP contribution in [0.4, 0.5) is 9.52 Å². The van der Waals surface area contributed by atoms with Crippen molar-refractivity contribution < 1.29 is 33.4 Å². The van der Waals surface area contributed by atoms with Gasteiger partial charge in [0, 0.05) is 5.56 Å². The van der Waals surface area contributed by atoms with Crippen LogP contribution in [0.2, 0.25) is 0 Å². The third-order valence-corrected chi connectivity index (χ3v) is 7.33. The maximum atomic E-state index is 13.8. The Labute approximate surface area is 223 Å². The van der Waals surface area contributed by atoms with Crippen molar-refractivity contribution in [3.63, 3.8) is 0 Å². The van der Waals surface area contributed by atoms with E-state index in [1.165, 1.54) is 31.4 Å². The fraction of sp³-hybridized carbons (Fsp3) is 0.286. The van der Waals surface area contributed by atoms with Gasteiger partial charge in [0.1, 0.15) is 22.2 Å². The number of Topliss-reactive ketones (excluding diaryl/α,β-unsaturated/α-hetero) is 1. The predicted molar refractivity (Wildman–Crippen MR) is 141 cm³/mol. The van der Waals surface area contributed by atoms with Gasteiger partial charge in [0.05, 0.1) is 31.0 Å². The number of rotatable bonds is 8. The zero-order valence-electron chi connectivity index (χ0n) is 21.4. The Bertz CT molecular complexity index is 1430. The minimum atomic E-state index is -1.10. The minimum Gasteiger partial charge on any atom is -0.507 e. The summed E-state index contributed by atoms with van der Waals surface area (Å²) in [7, 11) is 1.23. The molecule has 10 heteroatoms. The molecule has 1 fully saturated rings. The van der Waals surface area contributed by atoms with Gasteiger partial charge in [-0.25, -0.2) is 14.2 Å². The first-order valence-corrected chi connectivity index (χ1v) is 12.9. The van der Waals surface area contributed by atoms with Crippen molar-refractivity contribution in [2.75, 3.05) is 18.6 Å². The molecule has 198 valence electrons. The van der Waals surface area contributed by atoms with Gasteiger partial charge >= 0.3 is 11.9 Å². The average Bonchev–Trinajstić information content (AvgIpc) is 3.41.